The van der Waals surface area contributed by atoms with Crippen molar-refractivity contribution in [3.05, 3.63) is 40.5 Å². The van der Waals surface area contributed by atoms with Gasteiger partial charge in [-0.05, 0) is 37.1 Å². The molecular weight excluding hydrogens is 296 g/mol. The highest BCUT2D eigenvalue weighted by molar-refractivity contribution is 7.99. The van der Waals surface area contributed by atoms with Gasteiger partial charge in [0.05, 0.1) is 17.1 Å². The Morgan fingerprint density at radius 2 is 2.20 bits per heavy atom. The molecule has 106 valence electrons. The van der Waals surface area contributed by atoms with Crippen LogP contribution in [0.5, 0.6) is 0 Å². The van der Waals surface area contributed by atoms with Crippen LogP contribution in [0.15, 0.2) is 29.3 Å². The molecule has 0 unspecified atom stereocenters. The van der Waals surface area contributed by atoms with Crippen molar-refractivity contribution in [1.29, 1.82) is 0 Å². The van der Waals surface area contributed by atoms with Gasteiger partial charge >= 0.3 is 5.97 Å². The highest BCUT2D eigenvalue weighted by Crippen LogP contribution is 2.26. The predicted molar refractivity (Wildman–Crippen MR) is 81.0 cm³/mol. The molecule has 0 radical (unpaired) electrons. The number of hydrogen-bond donors (Lipinski definition) is 1. The van der Waals surface area contributed by atoms with E-state index in [4.69, 9.17) is 16.7 Å². The number of halogens is 1. The summed E-state index contributed by atoms with van der Waals surface area (Å²) in [7, 11) is 0. The van der Waals surface area contributed by atoms with Crippen LogP contribution in [0.2, 0.25) is 5.02 Å². The Labute approximate surface area is 126 Å². The van der Waals surface area contributed by atoms with Crippen molar-refractivity contribution in [2.45, 2.75) is 25.3 Å². The molecule has 1 heterocycles. The van der Waals surface area contributed by atoms with E-state index in [1.807, 2.05) is 38.1 Å². The summed E-state index contributed by atoms with van der Waals surface area (Å²) in [5.74, 6) is -0.836. The Morgan fingerprint density at radius 1 is 1.45 bits per heavy atom. The Hall–Kier alpha value is -1.46. The second-order valence-corrected chi connectivity index (χ2v) is 5.76. The predicted octanol–water partition coefficient (Wildman–Crippen LogP) is 3.57. The van der Waals surface area contributed by atoms with Gasteiger partial charge in [0.15, 0.2) is 0 Å². The molecule has 0 fully saturated rings. The van der Waals surface area contributed by atoms with Crippen LogP contribution in [-0.4, -0.2) is 26.6 Å². The summed E-state index contributed by atoms with van der Waals surface area (Å²) < 4.78 is 1.75. The van der Waals surface area contributed by atoms with E-state index in [0.29, 0.717) is 5.02 Å². The summed E-state index contributed by atoms with van der Waals surface area (Å²) in [5, 5.41) is 14.8. The van der Waals surface area contributed by atoms with E-state index in [1.165, 1.54) is 11.8 Å². The molecule has 0 saturated carbocycles. The number of benzene rings is 1. The minimum atomic E-state index is -0.845. The Morgan fingerprint density at radius 3 is 2.80 bits per heavy atom. The van der Waals surface area contributed by atoms with Crippen molar-refractivity contribution in [2.75, 3.05) is 5.75 Å². The normalized spacial score (nSPS) is 10.8. The van der Waals surface area contributed by atoms with Gasteiger partial charge in [-0.1, -0.05) is 36.4 Å². The number of aliphatic carboxylic acids is 1. The monoisotopic (exact) mass is 310 g/mol. The largest absolute Gasteiger partial charge is 0.481 e. The van der Waals surface area contributed by atoms with Crippen molar-refractivity contribution in [3.63, 3.8) is 0 Å². The second-order valence-electron chi connectivity index (χ2n) is 4.36. The average molecular weight is 311 g/mol. The van der Waals surface area contributed by atoms with E-state index in [0.717, 1.165) is 28.4 Å². The topological polar surface area (TPSA) is 55.1 Å². The molecule has 1 N–H and O–H groups in total. The number of hydrogen-bond acceptors (Lipinski definition) is 3. The highest BCUT2D eigenvalue weighted by atomic mass is 35.5. The number of aromatic nitrogens is 2. The van der Waals surface area contributed by atoms with E-state index >= 15 is 0 Å². The van der Waals surface area contributed by atoms with E-state index in [-0.39, 0.29) is 5.75 Å². The van der Waals surface area contributed by atoms with Crippen molar-refractivity contribution in [2.24, 2.45) is 0 Å². The first-order valence-corrected chi connectivity index (χ1v) is 7.57. The van der Waals surface area contributed by atoms with E-state index < -0.39 is 5.97 Å². The third-order valence-corrected chi connectivity index (χ3v) is 4.22. The van der Waals surface area contributed by atoms with E-state index in [9.17, 15) is 4.79 Å². The minimum absolute atomic E-state index is 0.00837. The maximum Gasteiger partial charge on any atom is 0.313 e. The quantitative estimate of drug-likeness (QED) is 0.858. The van der Waals surface area contributed by atoms with Crippen LogP contribution in [0.4, 0.5) is 0 Å². The van der Waals surface area contributed by atoms with Crippen LogP contribution in [0, 0.1) is 6.92 Å². The number of aryl methyl sites for hydroxylation is 2. The third-order valence-electron chi connectivity index (χ3n) is 2.83. The number of carbonyl (C=O) groups is 1. The molecule has 2 rings (SSSR count). The first kappa shape index (κ1) is 14.9. The maximum absolute atomic E-state index is 10.7. The van der Waals surface area contributed by atoms with Gasteiger partial charge in [0.2, 0.25) is 0 Å². The van der Waals surface area contributed by atoms with Crippen LogP contribution in [-0.2, 0) is 11.2 Å². The summed E-state index contributed by atoms with van der Waals surface area (Å²) in [6.45, 7) is 3.95. The average Bonchev–Trinajstić information content (AvgIpc) is 2.83. The first-order valence-electron chi connectivity index (χ1n) is 6.21. The molecule has 0 bridgehead atoms. The molecule has 0 aliphatic carbocycles. The van der Waals surface area contributed by atoms with Gasteiger partial charge in [0.1, 0.15) is 5.03 Å². The molecule has 20 heavy (non-hydrogen) atoms. The van der Waals surface area contributed by atoms with E-state index in [1.54, 1.807) is 4.68 Å². The zero-order valence-electron chi connectivity index (χ0n) is 11.3. The second kappa shape index (κ2) is 6.33. The van der Waals surface area contributed by atoms with Gasteiger partial charge in [0.25, 0.3) is 0 Å². The van der Waals surface area contributed by atoms with Gasteiger partial charge in [-0.2, -0.15) is 5.10 Å². The minimum Gasteiger partial charge on any atom is -0.481 e. The molecule has 0 aliphatic rings. The molecule has 4 nitrogen and oxygen atoms in total. The van der Waals surface area contributed by atoms with Gasteiger partial charge in [0, 0.05) is 5.02 Å². The number of carboxylic acid groups (broad SMARTS) is 1. The zero-order valence-corrected chi connectivity index (χ0v) is 12.8. The lowest BCUT2D eigenvalue weighted by atomic mass is 10.2. The van der Waals surface area contributed by atoms with Crippen LogP contribution >= 0.6 is 23.4 Å². The molecule has 0 saturated heterocycles. The smallest absolute Gasteiger partial charge is 0.313 e. The molecule has 0 atom stereocenters. The molecular formula is C14H15ClN2O2S. The summed E-state index contributed by atoms with van der Waals surface area (Å²) in [4.78, 5) is 10.7. The number of carboxylic acids is 1. The van der Waals surface area contributed by atoms with Crippen molar-refractivity contribution >= 4 is 29.3 Å². The molecule has 0 amide bonds. The Kier molecular flexibility index (Phi) is 4.73. The maximum atomic E-state index is 10.7. The molecule has 0 aliphatic heterocycles. The molecule has 1 aromatic carbocycles. The fraction of sp³-hybridized carbons (Fsp3) is 0.286. The lowest BCUT2D eigenvalue weighted by Crippen LogP contribution is -2.02. The van der Waals surface area contributed by atoms with Gasteiger partial charge < -0.3 is 5.11 Å². The fourth-order valence-electron chi connectivity index (χ4n) is 1.72. The number of thioether (sulfide) groups is 1. The van der Waals surface area contributed by atoms with Crippen LogP contribution in [0.3, 0.4) is 0 Å². The van der Waals surface area contributed by atoms with Crippen LogP contribution in [0.25, 0.3) is 5.69 Å². The zero-order chi connectivity index (χ0) is 14.7. The number of nitrogens with zero attached hydrogens (tertiary/aromatic N) is 2. The standard InChI is InChI=1S/C14H15ClN2O2S/c1-3-10-6-13(20-8-14(18)19)17(16-10)11-5-4-9(2)12(15)7-11/h4-7H,3,8H2,1-2H3,(H,18,19). The Bertz CT molecular complexity index is 640. The van der Waals surface area contributed by atoms with E-state index in [2.05, 4.69) is 5.10 Å². The first-order chi connectivity index (χ1) is 9.51. The lowest BCUT2D eigenvalue weighted by molar-refractivity contribution is -0.133. The van der Waals surface area contributed by atoms with Gasteiger partial charge in [-0.3, -0.25) is 4.79 Å². The van der Waals surface area contributed by atoms with Gasteiger partial charge in [-0.15, -0.1) is 0 Å². The third kappa shape index (κ3) is 3.35. The molecule has 2 aromatic rings. The summed E-state index contributed by atoms with van der Waals surface area (Å²) in [6, 6.07) is 7.62. The molecule has 1 aromatic heterocycles. The van der Waals surface area contributed by atoms with Crippen LogP contribution in [0.1, 0.15) is 18.2 Å². The Balaban J connectivity index is 2.40. The lowest BCUT2D eigenvalue weighted by Gasteiger charge is -2.07. The number of rotatable bonds is 5. The summed E-state index contributed by atoms with van der Waals surface area (Å²) in [6.07, 6.45) is 0.799. The molecule has 6 heteroatoms. The SMILES string of the molecule is CCc1cc(SCC(=O)O)n(-c2ccc(C)c(Cl)c2)n1. The van der Waals surface area contributed by atoms with Gasteiger partial charge in [-0.25, -0.2) is 4.68 Å². The van der Waals surface area contributed by atoms with Crippen molar-refractivity contribution in [1.82, 2.24) is 9.78 Å². The van der Waals surface area contributed by atoms with Crippen molar-refractivity contribution < 1.29 is 9.90 Å². The van der Waals surface area contributed by atoms with Crippen molar-refractivity contribution in [3.8, 4) is 5.69 Å². The fourth-order valence-corrected chi connectivity index (χ4v) is 2.65. The highest BCUT2D eigenvalue weighted by Gasteiger charge is 2.12. The van der Waals surface area contributed by atoms with Crippen LogP contribution < -0.4 is 0 Å². The summed E-state index contributed by atoms with van der Waals surface area (Å²) >= 11 is 7.40. The molecule has 0 spiro atoms. The summed E-state index contributed by atoms with van der Waals surface area (Å²) in [5.41, 5.74) is 2.76.